The summed E-state index contributed by atoms with van der Waals surface area (Å²) in [5, 5.41) is 1.50. The lowest BCUT2D eigenvalue weighted by Crippen LogP contribution is -1.57. The van der Waals surface area contributed by atoms with E-state index in [-0.39, 0.29) is 0 Å². The monoisotopic (exact) mass is 113 g/mol. The summed E-state index contributed by atoms with van der Waals surface area (Å²) in [5.41, 5.74) is 6.97. The van der Waals surface area contributed by atoms with Gasteiger partial charge in [0.2, 0.25) is 0 Å². The Morgan fingerprint density at radius 1 is 1.86 bits per heavy atom. The zero-order valence-corrected chi connectivity index (χ0v) is 4.75. The highest BCUT2D eigenvalue weighted by Gasteiger charge is 1.87. The molecule has 0 unspecified atom stereocenters. The molecule has 0 aliphatic heterocycles. The van der Waals surface area contributed by atoms with Crippen LogP contribution in [0.1, 0.15) is 5.01 Å². The second kappa shape index (κ2) is 1.50. The van der Waals surface area contributed by atoms with Crippen LogP contribution in [0.3, 0.4) is 0 Å². The minimum absolute atomic E-state index is 0.539. The summed E-state index contributed by atoms with van der Waals surface area (Å²) in [7, 11) is 0. The lowest BCUT2D eigenvalue weighted by molar-refractivity contribution is 1.29. The summed E-state index contributed by atoms with van der Waals surface area (Å²) in [5.74, 6) is 0. The molecule has 0 aromatic carbocycles. The van der Waals surface area contributed by atoms with Crippen LogP contribution in [0.2, 0.25) is 0 Å². The van der Waals surface area contributed by atoms with Crippen LogP contribution in [0.4, 0.5) is 5.00 Å². The van der Waals surface area contributed by atoms with Crippen LogP contribution >= 0.6 is 11.3 Å². The number of thiazole rings is 1. The number of aromatic nitrogens is 1. The quantitative estimate of drug-likeness (QED) is 0.500. The molecule has 7 heavy (non-hydrogen) atoms. The van der Waals surface area contributed by atoms with Crippen LogP contribution in [0, 0.1) is 6.92 Å². The molecule has 0 aliphatic carbocycles. The zero-order chi connectivity index (χ0) is 5.28. The van der Waals surface area contributed by atoms with Crippen molar-refractivity contribution in [2.24, 2.45) is 0 Å². The molecule has 1 radical (unpaired) electrons. The van der Waals surface area contributed by atoms with Crippen molar-refractivity contribution in [2.45, 2.75) is 6.92 Å². The number of nitrogens with zero attached hydrogens (tertiary/aromatic N) is 1. The third-order valence-electron chi connectivity index (χ3n) is 0.621. The van der Waals surface area contributed by atoms with Gasteiger partial charge in [0.1, 0.15) is 5.00 Å². The van der Waals surface area contributed by atoms with Crippen molar-refractivity contribution in [1.82, 2.24) is 10.7 Å². The second-order valence-electron chi connectivity index (χ2n) is 1.24. The molecular weight excluding hydrogens is 108 g/mol. The Balaban J connectivity index is 3.04. The topological polar surface area (TPSA) is 36.7 Å². The first kappa shape index (κ1) is 4.59. The normalized spacial score (nSPS) is 9.29. The zero-order valence-electron chi connectivity index (χ0n) is 3.93. The predicted octanol–water partition coefficient (Wildman–Crippen LogP) is 1.37. The standard InChI is InChI=1S/C4H5N2S/c1-3-6-2-4(5)7-3/h2,5H,1H3. The van der Waals surface area contributed by atoms with Gasteiger partial charge in [0.15, 0.2) is 0 Å². The smallest absolute Gasteiger partial charge is 0.127 e. The molecule has 1 rings (SSSR count). The van der Waals surface area contributed by atoms with Crippen molar-refractivity contribution in [3.05, 3.63) is 11.2 Å². The summed E-state index contributed by atoms with van der Waals surface area (Å²) in [4.78, 5) is 3.85. The van der Waals surface area contributed by atoms with Gasteiger partial charge in [-0.05, 0) is 6.92 Å². The second-order valence-corrected chi connectivity index (χ2v) is 2.48. The first-order valence-electron chi connectivity index (χ1n) is 1.93. The van der Waals surface area contributed by atoms with E-state index >= 15 is 0 Å². The molecule has 0 fully saturated rings. The van der Waals surface area contributed by atoms with E-state index in [0.717, 1.165) is 5.01 Å². The molecule has 2 nitrogen and oxygen atoms in total. The molecule has 1 aromatic rings. The van der Waals surface area contributed by atoms with Gasteiger partial charge < -0.3 is 0 Å². The number of aryl methyl sites for hydroxylation is 1. The van der Waals surface area contributed by atoms with Crippen LogP contribution in [0.25, 0.3) is 0 Å². The van der Waals surface area contributed by atoms with E-state index in [1.54, 1.807) is 6.20 Å². The maximum atomic E-state index is 6.97. The highest BCUT2D eigenvalue weighted by molar-refractivity contribution is 7.15. The Bertz CT molecular complexity index is 142. The molecule has 0 saturated heterocycles. The average Bonchev–Trinajstić information content (AvgIpc) is 1.87. The van der Waals surface area contributed by atoms with E-state index < -0.39 is 0 Å². The summed E-state index contributed by atoms with van der Waals surface area (Å²) in [6.45, 7) is 1.89. The van der Waals surface area contributed by atoms with Crippen molar-refractivity contribution in [1.29, 1.82) is 0 Å². The van der Waals surface area contributed by atoms with Crippen LogP contribution in [-0.2, 0) is 0 Å². The van der Waals surface area contributed by atoms with E-state index in [0.29, 0.717) is 5.00 Å². The van der Waals surface area contributed by atoms with Crippen LogP contribution in [0.5, 0.6) is 0 Å². The van der Waals surface area contributed by atoms with Gasteiger partial charge in [-0.25, -0.2) is 4.98 Å². The molecule has 0 amide bonds. The summed E-state index contributed by atoms with van der Waals surface area (Å²) >= 11 is 1.40. The molecule has 0 saturated carbocycles. The van der Waals surface area contributed by atoms with Gasteiger partial charge in [-0.1, -0.05) is 0 Å². The molecule has 0 spiro atoms. The van der Waals surface area contributed by atoms with Gasteiger partial charge in [-0.2, -0.15) is 0 Å². The third kappa shape index (κ3) is 0.899. The first-order valence-corrected chi connectivity index (χ1v) is 2.75. The molecule has 0 atom stereocenters. The number of rotatable bonds is 0. The summed E-state index contributed by atoms with van der Waals surface area (Å²) in [6, 6.07) is 0. The van der Waals surface area contributed by atoms with Crippen molar-refractivity contribution in [3.8, 4) is 0 Å². The molecule has 1 N–H and O–H groups in total. The number of nitrogens with one attached hydrogen (secondary N) is 1. The third-order valence-corrected chi connectivity index (χ3v) is 1.35. The molecular formula is C4H5N2S. The van der Waals surface area contributed by atoms with Crippen molar-refractivity contribution < 1.29 is 0 Å². The minimum Gasteiger partial charge on any atom is -0.289 e. The minimum atomic E-state index is 0.539. The van der Waals surface area contributed by atoms with Gasteiger partial charge in [0.25, 0.3) is 0 Å². The van der Waals surface area contributed by atoms with Gasteiger partial charge in [-0.15, -0.1) is 11.3 Å². The highest BCUT2D eigenvalue weighted by atomic mass is 32.1. The fourth-order valence-electron chi connectivity index (χ4n) is 0.361. The highest BCUT2D eigenvalue weighted by Crippen LogP contribution is 2.13. The maximum Gasteiger partial charge on any atom is 0.127 e. The van der Waals surface area contributed by atoms with Gasteiger partial charge in [0.05, 0.1) is 11.2 Å². The fraction of sp³-hybridized carbons (Fsp3) is 0.250. The van der Waals surface area contributed by atoms with Crippen molar-refractivity contribution in [3.63, 3.8) is 0 Å². The Labute approximate surface area is 46.0 Å². The maximum absolute atomic E-state index is 6.97. The Morgan fingerprint density at radius 3 is 2.71 bits per heavy atom. The molecule has 1 heterocycles. The average molecular weight is 113 g/mol. The van der Waals surface area contributed by atoms with Crippen molar-refractivity contribution >= 4 is 16.3 Å². The van der Waals surface area contributed by atoms with Gasteiger partial charge >= 0.3 is 0 Å². The van der Waals surface area contributed by atoms with E-state index in [9.17, 15) is 0 Å². The molecule has 1 aromatic heterocycles. The lowest BCUT2D eigenvalue weighted by atomic mass is 10.8. The van der Waals surface area contributed by atoms with Gasteiger partial charge in [0, 0.05) is 0 Å². The predicted molar refractivity (Wildman–Crippen MR) is 29.6 cm³/mol. The SMILES string of the molecule is Cc1ncc([NH])s1. The Morgan fingerprint density at radius 2 is 2.57 bits per heavy atom. The fourth-order valence-corrected chi connectivity index (χ4v) is 0.890. The lowest BCUT2D eigenvalue weighted by Gasteiger charge is -1.68. The van der Waals surface area contributed by atoms with Crippen LogP contribution in [-0.4, -0.2) is 4.98 Å². The first-order chi connectivity index (χ1) is 3.29. The summed E-state index contributed by atoms with van der Waals surface area (Å²) < 4.78 is 0. The van der Waals surface area contributed by atoms with Crippen LogP contribution < -0.4 is 5.73 Å². The van der Waals surface area contributed by atoms with E-state index in [1.807, 2.05) is 6.92 Å². The number of hydrogen-bond acceptors (Lipinski definition) is 2. The van der Waals surface area contributed by atoms with Gasteiger partial charge in [-0.3, -0.25) is 5.73 Å². The van der Waals surface area contributed by atoms with Crippen LogP contribution in [0.15, 0.2) is 6.20 Å². The van der Waals surface area contributed by atoms with E-state index in [1.165, 1.54) is 11.3 Å². The summed E-state index contributed by atoms with van der Waals surface area (Å²) in [6.07, 6.45) is 1.56. The Kier molecular flexibility index (Phi) is 0.982. The molecule has 3 heteroatoms. The Hall–Kier alpha value is -0.570. The number of hydrogen-bond donors (Lipinski definition) is 0. The largest absolute Gasteiger partial charge is 0.289 e. The molecule has 0 bridgehead atoms. The van der Waals surface area contributed by atoms with E-state index in [4.69, 9.17) is 5.73 Å². The molecule has 0 aliphatic rings. The molecule has 37 valence electrons. The van der Waals surface area contributed by atoms with Crippen molar-refractivity contribution in [2.75, 3.05) is 0 Å². The van der Waals surface area contributed by atoms with E-state index in [2.05, 4.69) is 4.98 Å².